The van der Waals surface area contributed by atoms with E-state index in [2.05, 4.69) is 18.0 Å². The van der Waals surface area contributed by atoms with Crippen molar-refractivity contribution in [3.8, 4) is 0 Å². The van der Waals surface area contributed by atoms with Gasteiger partial charge in [-0.3, -0.25) is 0 Å². The van der Waals surface area contributed by atoms with Gasteiger partial charge in [0.05, 0.1) is 0 Å². The molecule has 0 fully saturated rings. The minimum Gasteiger partial charge on any atom is -0.478 e. The zero-order valence-electron chi connectivity index (χ0n) is 9.08. The maximum absolute atomic E-state index is 10.5. The molecular formula is C12H15NO2S. The van der Waals surface area contributed by atoms with Gasteiger partial charge in [0.2, 0.25) is 0 Å². The number of nitrogens with one attached hydrogen (secondary N) is 1. The number of fused-ring (bicyclic) bond motifs is 1. The molecular weight excluding hydrogens is 222 g/mol. The summed E-state index contributed by atoms with van der Waals surface area (Å²) in [7, 11) is 0. The number of carboxylic acid groups (broad SMARTS) is 1. The Bertz CT molecular complexity index is 401. The number of aliphatic carboxylic acids is 1. The van der Waals surface area contributed by atoms with Crippen LogP contribution in [-0.2, 0) is 24.2 Å². The second kappa shape index (κ2) is 4.80. The monoisotopic (exact) mass is 237 g/mol. The number of carboxylic acids is 1. The van der Waals surface area contributed by atoms with Crippen molar-refractivity contribution in [2.45, 2.75) is 25.8 Å². The lowest BCUT2D eigenvalue weighted by Gasteiger charge is -2.02. The Hall–Kier alpha value is -1.13. The SMILES string of the molecule is C=C(CNCc1cc2c(s1)CCC2)C(=O)O. The van der Waals surface area contributed by atoms with Gasteiger partial charge in [0, 0.05) is 28.4 Å². The molecule has 1 aliphatic carbocycles. The summed E-state index contributed by atoms with van der Waals surface area (Å²) in [5, 5.41) is 11.7. The predicted octanol–water partition coefficient (Wildman–Crippen LogP) is 1.97. The number of aryl methyl sites for hydroxylation is 2. The third-order valence-electron chi connectivity index (χ3n) is 2.74. The Morgan fingerprint density at radius 3 is 3.06 bits per heavy atom. The molecule has 2 rings (SSSR count). The minimum absolute atomic E-state index is 0.212. The number of carbonyl (C=O) groups is 1. The van der Waals surface area contributed by atoms with Crippen molar-refractivity contribution in [2.24, 2.45) is 0 Å². The molecule has 0 saturated carbocycles. The van der Waals surface area contributed by atoms with Gasteiger partial charge in [0.15, 0.2) is 0 Å². The number of hydrogen-bond donors (Lipinski definition) is 2. The fraction of sp³-hybridized carbons (Fsp3) is 0.417. The lowest BCUT2D eigenvalue weighted by molar-refractivity contribution is -0.132. The van der Waals surface area contributed by atoms with Gasteiger partial charge in [0.1, 0.15) is 0 Å². The van der Waals surface area contributed by atoms with Crippen molar-refractivity contribution in [1.82, 2.24) is 5.32 Å². The average molecular weight is 237 g/mol. The summed E-state index contributed by atoms with van der Waals surface area (Å²) >= 11 is 1.84. The molecule has 1 aromatic heterocycles. The topological polar surface area (TPSA) is 49.3 Å². The lowest BCUT2D eigenvalue weighted by Crippen LogP contribution is -2.19. The zero-order valence-corrected chi connectivity index (χ0v) is 9.90. The summed E-state index contributed by atoms with van der Waals surface area (Å²) in [6.45, 7) is 4.56. The Morgan fingerprint density at radius 2 is 2.38 bits per heavy atom. The van der Waals surface area contributed by atoms with Crippen molar-refractivity contribution in [2.75, 3.05) is 6.54 Å². The van der Waals surface area contributed by atoms with Gasteiger partial charge in [-0.05, 0) is 30.9 Å². The van der Waals surface area contributed by atoms with Crippen LogP contribution in [0, 0.1) is 0 Å². The summed E-state index contributed by atoms with van der Waals surface area (Å²) in [5.41, 5.74) is 1.70. The van der Waals surface area contributed by atoms with E-state index in [0.717, 1.165) is 6.54 Å². The molecule has 0 aliphatic heterocycles. The molecule has 0 radical (unpaired) electrons. The largest absolute Gasteiger partial charge is 0.478 e. The summed E-state index contributed by atoms with van der Waals surface area (Å²) in [4.78, 5) is 13.3. The lowest BCUT2D eigenvalue weighted by atomic mass is 10.2. The van der Waals surface area contributed by atoms with Gasteiger partial charge < -0.3 is 10.4 Å². The molecule has 16 heavy (non-hydrogen) atoms. The van der Waals surface area contributed by atoms with Crippen LogP contribution in [0.3, 0.4) is 0 Å². The summed E-state index contributed by atoms with van der Waals surface area (Å²) in [5.74, 6) is -0.929. The van der Waals surface area contributed by atoms with E-state index < -0.39 is 5.97 Å². The van der Waals surface area contributed by atoms with E-state index in [1.165, 1.54) is 34.6 Å². The second-order valence-electron chi connectivity index (χ2n) is 4.03. The van der Waals surface area contributed by atoms with Crippen molar-refractivity contribution in [3.05, 3.63) is 33.5 Å². The van der Waals surface area contributed by atoms with E-state index >= 15 is 0 Å². The molecule has 4 heteroatoms. The fourth-order valence-corrected chi connectivity index (χ4v) is 3.12. The quantitative estimate of drug-likeness (QED) is 0.770. The fourth-order valence-electron chi connectivity index (χ4n) is 1.89. The first kappa shape index (κ1) is 11.4. The van der Waals surface area contributed by atoms with Gasteiger partial charge in [0.25, 0.3) is 0 Å². The zero-order chi connectivity index (χ0) is 11.5. The molecule has 0 aromatic carbocycles. The summed E-state index contributed by atoms with van der Waals surface area (Å²) < 4.78 is 0. The molecule has 1 heterocycles. The van der Waals surface area contributed by atoms with E-state index in [4.69, 9.17) is 5.11 Å². The maximum atomic E-state index is 10.5. The third-order valence-corrected chi connectivity index (χ3v) is 3.97. The van der Waals surface area contributed by atoms with Crippen LogP contribution in [0.5, 0.6) is 0 Å². The van der Waals surface area contributed by atoms with Gasteiger partial charge in [-0.1, -0.05) is 6.58 Å². The molecule has 86 valence electrons. The number of rotatable bonds is 5. The second-order valence-corrected chi connectivity index (χ2v) is 5.25. The molecule has 0 bridgehead atoms. The van der Waals surface area contributed by atoms with Crippen molar-refractivity contribution >= 4 is 17.3 Å². The van der Waals surface area contributed by atoms with Crippen molar-refractivity contribution < 1.29 is 9.90 Å². The van der Waals surface area contributed by atoms with Crippen LogP contribution >= 0.6 is 11.3 Å². The minimum atomic E-state index is -0.929. The Morgan fingerprint density at radius 1 is 1.56 bits per heavy atom. The molecule has 1 aliphatic rings. The van der Waals surface area contributed by atoms with Crippen LogP contribution < -0.4 is 5.32 Å². The highest BCUT2D eigenvalue weighted by atomic mass is 32.1. The van der Waals surface area contributed by atoms with Gasteiger partial charge in [-0.25, -0.2) is 4.79 Å². The van der Waals surface area contributed by atoms with Crippen molar-refractivity contribution in [3.63, 3.8) is 0 Å². The highest BCUT2D eigenvalue weighted by Gasteiger charge is 2.14. The van der Waals surface area contributed by atoms with Crippen LogP contribution in [0.25, 0.3) is 0 Å². The Kier molecular flexibility index (Phi) is 3.41. The number of hydrogen-bond acceptors (Lipinski definition) is 3. The predicted molar refractivity (Wildman–Crippen MR) is 64.8 cm³/mol. The highest BCUT2D eigenvalue weighted by molar-refractivity contribution is 7.12. The van der Waals surface area contributed by atoms with Crippen LogP contribution in [-0.4, -0.2) is 17.6 Å². The van der Waals surface area contributed by atoms with Gasteiger partial charge >= 0.3 is 5.97 Å². The molecule has 0 saturated heterocycles. The standard InChI is InChI=1S/C12H15NO2S/c1-8(12(14)15)6-13-7-10-5-9-3-2-4-11(9)16-10/h5,13H,1-4,6-7H2,(H,14,15). The first-order valence-electron chi connectivity index (χ1n) is 5.39. The molecule has 0 atom stereocenters. The first-order chi connectivity index (χ1) is 7.66. The molecule has 0 spiro atoms. The Labute approximate surface area is 98.8 Å². The average Bonchev–Trinajstić information content (AvgIpc) is 2.77. The van der Waals surface area contributed by atoms with E-state index in [0.29, 0.717) is 6.54 Å². The summed E-state index contributed by atoms with van der Waals surface area (Å²) in [6, 6.07) is 2.24. The maximum Gasteiger partial charge on any atom is 0.332 e. The Balaban J connectivity index is 1.81. The van der Waals surface area contributed by atoms with Crippen LogP contribution in [0.15, 0.2) is 18.2 Å². The number of thiophene rings is 1. The first-order valence-corrected chi connectivity index (χ1v) is 6.20. The van der Waals surface area contributed by atoms with Crippen LogP contribution in [0.2, 0.25) is 0 Å². The van der Waals surface area contributed by atoms with Gasteiger partial charge in [-0.15, -0.1) is 11.3 Å². The molecule has 2 N–H and O–H groups in total. The van der Waals surface area contributed by atoms with Crippen molar-refractivity contribution in [1.29, 1.82) is 0 Å². The molecule has 1 aromatic rings. The van der Waals surface area contributed by atoms with E-state index in [9.17, 15) is 4.79 Å². The van der Waals surface area contributed by atoms with Crippen LogP contribution in [0.4, 0.5) is 0 Å². The normalized spacial score (nSPS) is 13.8. The van der Waals surface area contributed by atoms with Gasteiger partial charge in [-0.2, -0.15) is 0 Å². The third kappa shape index (κ3) is 2.51. The van der Waals surface area contributed by atoms with E-state index in [1.54, 1.807) is 0 Å². The molecule has 0 unspecified atom stereocenters. The van der Waals surface area contributed by atoms with E-state index in [-0.39, 0.29) is 5.57 Å². The van der Waals surface area contributed by atoms with E-state index in [1.807, 2.05) is 11.3 Å². The van der Waals surface area contributed by atoms with Crippen LogP contribution in [0.1, 0.15) is 21.7 Å². The molecule has 3 nitrogen and oxygen atoms in total. The summed E-state index contributed by atoms with van der Waals surface area (Å²) in [6.07, 6.45) is 3.69. The molecule has 0 amide bonds. The smallest absolute Gasteiger partial charge is 0.332 e. The highest BCUT2D eigenvalue weighted by Crippen LogP contribution is 2.30.